The zero-order valence-corrected chi connectivity index (χ0v) is 15.2. The van der Waals surface area contributed by atoms with Crippen LogP contribution in [0.2, 0.25) is 0 Å². The standard InChI is InChI=1S/C18H20BrN3O2/c1-3-17(21-15-8-5-7-14(19)11-15)18(23)22-20-12-13-6-4-9-16(10-13)24-2/h4-12,17,21H,3H2,1-2H3,(H,22,23)/t17-/m1/s1. The van der Waals surface area contributed by atoms with Gasteiger partial charge in [-0.05, 0) is 42.3 Å². The molecule has 0 heterocycles. The van der Waals surface area contributed by atoms with E-state index in [0.717, 1.165) is 21.5 Å². The second kappa shape index (κ2) is 9.08. The summed E-state index contributed by atoms with van der Waals surface area (Å²) in [6.45, 7) is 1.95. The minimum Gasteiger partial charge on any atom is -0.497 e. The largest absolute Gasteiger partial charge is 0.497 e. The maximum atomic E-state index is 12.3. The van der Waals surface area contributed by atoms with Crippen molar-refractivity contribution in [1.29, 1.82) is 0 Å². The van der Waals surface area contributed by atoms with Crippen LogP contribution < -0.4 is 15.5 Å². The van der Waals surface area contributed by atoms with E-state index in [9.17, 15) is 4.79 Å². The van der Waals surface area contributed by atoms with Crippen molar-refractivity contribution in [3.63, 3.8) is 0 Å². The van der Waals surface area contributed by atoms with Gasteiger partial charge in [-0.15, -0.1) is 0 Å². The highest BCUT2D eigenvalue weighted by Gasteiger charge is 2.15. The van der Waals surface area contributed by atoms with Crippen molar-refractivity contribution in [1.82, 2.24) is 5.43 Å². The van der Waals surface area contributed by atoms with Crippen LogP contribution in [-0.4, -0.2) is 25.3 Å². The third-order valence-electron chi connectivity index (χ3n) is 3.37. The molecule has 0 bridgehead atoms. The Kier molecular flexibility index (Phi) is 6.81. The molecule has 24 heavy (non-hydrogen) atoms. The third kappa shape index (κ3) is 5.38. The van der Waals surface area contributed by atoms with Crippen LogP contribution in [0.25, 0.3) is 0 Å². The number of nitrogens with zero attached hydrogens (tertiary/aromatic N) is 1. The van der Waals surface area contributed by atoms with Crippen LogP contribution in [0.5, 0.6) is 5.75 Å². The number of hydrogen-bond donors (Lipinski definition) is 2. The summed E-state index contributed by atoms with van der Waals surface area (Å²) in [6, 6.07) is 14.8. The highest BCUT2D eigenvalue weighted by molar-refractivity contribution is 9.10. The Balaban J connectivity index is 1.95. The molecule has 5 nitrogen and oxygen atoms in total. The van der Waals surface area contributed by atoms with Gasteiger partial charge in [-0.25, -0.2) is 5.43 Å². The number of anilines is 1. The summed E-state index contributed by atoms with van der Waals surface area (Å²) < 4.78 is 6.11. The van der Waals surface area contributed by atoms with Crippen LogP contribution in [0.3, 0.4) is 0 Å². The molecular weight excluding hydrogens is 370 g/mol. The van der Waals surface area contributed by atoms with Crippen molar-refractivity contribution >= 4 is 33.7 Å². The summed E-state index contributed by atoms with van der Waals surface area (Å²) in [4.78, 5) is 12.3. The number of hydrogen-bond acceptors (Lipinski definition) is 4. The number of carbonyl (C=O) groups is 1. The summed E-state index contributed by atoms with van der Waals surface area (Å²) in [5, 5.41) is 7.22. The van der Waals surface area contributed by atoms with Gasteiger partial charge in [0.25, 0.3) is 5.91 Å². The summed E-state index contributed by atoms with van der Waals surface area (Å²) in [7, 11) is 1.61. The lowest BCUT2D eigenvalue weighted by molar-refractivity contribution is -0.121. The first kappa shape index (κ1) is 18.0. The SMILES string of the molecule is CC[C@@H](Nc1cccc(Br)c1)C(=O)NN=Cc1cccc(OC)c1. The number of rotatable bonds is 7. The monoisotopic (exact) mass is 389 g/mol. The van der Waals surface area contributed by atoms with E-state index >= 15 is 0 Å². The Morgan fingerprint density at radius 1 is 1.29 bits per heavy atom. The molecule has 0 spiro atoms. The fourth-order valence-corrected chi connectivity index (χ4v) is 2.50. The summed E-state index contributed by atoms with van der Waals surface area (Å²) in [5.41, 5.74) is 4.30. The number of carbonyl (C=O) groups excluding carboxylic acids is 1. The fraction of sp³-hybridized carbons (Fsp3) is 0.222. The molecule has 1 amide bonds. The Morgan fingerprint density at radius 3 is 2.79 bits per heavy atom. The predicted octanol–water partition coefficient (Wildman–Crippen LogP) is 3.80. The normalized spacial score (nSPS) is 12.0. The number of methoxy groups -OCH3 is 1. The molecule has 0 aromatic heterocycles. The van der Waals surface area contributed by atoms with Crippen LogP contribution in [0.1, 0.15) is 18.9 Å². The van der Waals surface area contributed by atoms with Crippen LogP contribution in [0, 0.1) is 0 Å². The summed E-state index contributed by atoms with van der Waals surface area (Å²) in [5.74, 6) is 0.560. The van der Waals surface area contributed by atoms with Gasteiger partial charge < -0.3 is 10.1 Å². The molecule has 0 fully saturated rings. The first-order chi connectivity index (χ1) is 11.6. The van der Waals surface area contributed by atoms with E-state index in [2.05, 4.69) is 31.8 Å². The van der Waals surface area contributed by atoms with Gasteiger partial charge in [0.15, 0.2) is 0 Å². The average molecular weight is 390 g/mol. The number of benzene rings is 2. The maximum Gasteiger partial charge on any atom is 0.262 e. The fourth-order valence-electron chi connectivity index (χ4n) is 2.10. The minimum atomic E-state index is -0.359. The number of nitrogens with one attached hydrogen (secondary N) is 2. The van der Waals surface area contributed by atoms with E-state index in [1.165, 1.54) is 0 Å². The molecule has 0 saturated carbocycles. The Morgan fingerprint density at radius 2 is 2.08 bits per heavy atom. The Hall–Kier alpha value is -2.34. The van der Waals surface area contributed by atoms with E-state index in [1.807, 2.05) is 55.5 Å². The molecule has 2 N–H and O–H groups in total. The molecule has 0 aliphatic heterocycles. The van der Waals surface area contributed by atoms with Gasteiger partial charge >= 0.3 is 0 Å². The molecule has 0 unspecified atom stereocenters. The molecule has 2 aromatic rings. The molecule has 6 heteroatoms. The number of halogens is 1. The molecule has 0 aliphatic rings. The van der Waals surface area contributed by atoms with E-state index in [0.29, 0.717) is 6.42 Å². The smallest absolute Gasteiger partial charge is 0.262 e. The molecule has 1 atom stereocenters. The molecule has 2 aromatic carbocycles. The number of hydrazone groups is 1. The van der Waals surface area contributed by atoms with Gasteiger partial charge in [-0.2, -0.15) is 5.10 Å². The lowest BCUT2D eigenvalue weighted by Gasteiger charge is -2.16. The zero-order chi connectivity index (χ0) is 17.4. The van der Waals surface area contributed by atoms with E-state index in [1.54, 1.807) is 13.3 Å². The maximum absolute atomic E-state index is 12.3. The topological polar surface area (TPSA) is 62.7 Å². The van der Waals surface area contributed by atoms with Gasteiger partial charge in [-0.3, -0.25) is 4.79 Å². The highest BCUT2D eigenvalue weighted by Crippen LogP contribution is 2.17. The highest BCUT2D eigenvalue weighted by atomic mass is 79.9. The van der Waals surface area contributed by atoms with Gasteiger partial charge in [0.1, 0.15) is 11.8 Å². The summed E-state index contributed by atoms with van der Waals surface area (Å²) in [6.07, 6.45) is 2.24. The van der Waals surface area contributed by atoms with Crippen molar-refractivity contribution < 1.29 is 9.53 Å². The molecule has 2 rings (SSSR count). The molecular formula is C18H20BrN3O2. The molecule has 126 valence electrons. The number of amides is 1. The summed E-state index contributed by atoms with van der Waals surface area (Å²) >= 11 is 3.42. The van der Waals surface area contributed by atoms with Gasteiger partial charge in [0.05, 0.1) is 13.3 Å². The van der Waals surface area contributed by atoms with Gasteiger partial charge in [-0.1, -0.05) is 41.1 Å². The Bertz CT molecular complexity index is 719. The van der Waals surface area contributed by atoms with Crippen LogP contribution in [0.4, 0.5) is 5.69 Å². The second-order valence-electron chi connectivity index (χ2n) is 5.13. The first-order valence-corrected chi connectivity index (χ1v) is 8.40. The minimum absolute atomic E-state index is 0.184. The third-order valence-corrected chi connectivity index (χ3v) is 3.87. The van der Waals surface area contributed by atoms with Crippen molar-refractivity contribution in [2.45, 2.75) is 19.4 Å². The van der Waals surface area contributed by atoms with E-state index in [-0.39, 0.29) is 11.9 Å². The number of ether oxygens (including phenoxy) is 1. The predicted molar refractivity (Wildman–Crippen MR) is 101 cm³/mol. The van der Waals surface area contributed by atoms with Gasteiger partial charge in [0, 0.05) is 10.2 Å². The van der Waals surface area contributed by atoms with Crippen molar-refractivity contribution in [2.24, 2.45) is 5.10 Å². The quantitative estimate of drug-likeness (QED) is 0.559. The van der Waals surface area contributed by atoms with Crippen molar-refractivity contribution in [3.8, 4) is 5.75 Å². The molecule has 0 saturated heterocycles. The molecule has 0 radical (unpaired) electrons. The van der Waals surface area contributed by atoms with Crippen molar-refractivity contribution in [3.05, 3.63) is 58.6 Å². The second-order valence-corrected chi connectivity index (χ2v) is 6.04. The first-order valence-electron chi connectivity index (χ1n) is 7.61. The zero-order valence-electron chi connectivity index (χ0n) is 13.6. The van der Waals surface area contributed by atoms with E-state index in [4.69, 9.17) is 4.74 Å². The Labute approximate surface area is 150 Å². The van der Waals surface area contributed by atoms with Crippen molar-refractivity contribution in [2.75, 3.05) is 12.4 Å². The lowest BCUT2D eigenvalue weighted by Crippen LogP contribution is -2.36. The van der Waals surface area contributed by atoms with Gasteiger partial charge in [0.2, 0.25) is 0 Å². The van der Waals surface area contributed by atoms with Crippen LogP contribution in [0.15, 0.2) is 58.1 Å². The van der Waals surface area contributed by atoms with Crippen LogP contribution in [-0.2, 0) is 4.79 Å². The van der Waals surface area contributed by atoms with Crippen LogP contribution >= 0.6 is 15.9 Å². The van der Waals surface area contributed by atoms with E-state index < -0.39 is 0 Å². The lowest BCUT2D eigenvalue weighted by atomic mass is 10.2. The average Bonchev–Trinajstić information content (AvgIpc) is 2.59. The molecule has 0 aliphatic carbocycles.